The normalized spacial score (nSPS) is 10.6. The Bertz CT molecular complexity index is 488. The molecule has 0 aliphatic carbocycles. The molecule has 2 rings (SSSR count). The summed E-state index contributed by atoms with van der Waals surface area (Å²) >= 11 is 0. The van der Waals surface area contributed by atoms with Gasteiger partial charge in [0.2, 0.25) is 0 Å². The Morgan fingerprint density at radius 3 is 2.44 bits per heavy atom. The van der Waals surface area contributed by atoms with Crippen molar-refractivity contribution in [2.75, 3.05) is 6.61 Å². The lowest BCUT2D eigenvalue weighted by Gasteiger charge is -2.11. The molecule has 0 aromatic heterocycles. The minimum Gasteiger partial charge on any atom is -0.396 e. The molecule has 0 saturated carbocycles. The van der Waals surface area contributed by atoms with E-state index in [1.807, 2.05) is 6.07 Å². The summed E-state index contributed by atoms with van der Waals surface area (Å²) in [6, 6.07) is 17.2. The Kier molecular flexibility index (Phi) is 4.54. The third kappa shape index (κ3) is 2.99. The molecular weight excluding hydrogens is 220 g/mol. The van der Waals surface area contributed by atoms with Crippen molar-refractivity contribution in [3.8, 4) is 11.1 Å². The maximum absolute atomic E-state index is 8.91. The first-order chi connectivity index (χ1) is 8.85. The van der Waals surface area contributed by atoms with Crippen LogP contribution in [0.1, 0.15) is 24.5 Å². The molecule has 0 aliphatic rings. The molecule has 0 heterocycles. The summed E-state index contributed by atoms with van der Waals surface area (Å²) < 4.78 is 0. The number of hydrogen-bond donors (Lipinski definition) is 1. The summed E-state index contributed by atoms with van der Waals surface area (Å²) in [5.41, 5.74) is 5.29. The van der Waals surface area contributed by atoms with Gasteiger partial charge in [0, 0.05) is 6.61 Å². The fraction of sp³-hybridized carbons (Fsp3) is 0.294. The largest absolute Gasteiger partial charge is 0.396 e. The average Bonchev–Trinajstić information content (AvgIpc) is 2.45. The van der Waals surface area contributed by atoms with E-state index in [4.69, 9.17) is 5.11 Å². The zero-order chi connectivity index (χ0) is 12.8. The van der Waals surface area contributed by atoms with Crippen LogP contribution in [0.4, 0.5) is 0 Å². The van der Waals surface area contributed by atoms with Crippen LogP contribution in [0.15, 0.2) is 48.5 Å². The summed E-state index contributed by atoms with van der Waals surface area (Å²) in [5.74, 6) is 0. The average molecular weight is 240 g/mol. The minimum atomic E-state index is 0.260. The quantitative estimate of drug-likeness (QED) is 0.842. The Labute approximate surface area is 109 Å². The molecule has 94 valence electrons. The number of benzene rings is 2. The van der Waals surface area contributed by atoms with Gasteiger partial charge in [-0.25, -0.2) is 0 Å². The van der Waals surface area contributed by atoms with E-state index in [0.29, 0.717) is 0 Å². The molecular formula is C17H20O. The zero-order valence-electron chi connectivity index (χ0n) is 10.9. The van der Waals surface area contributed by atoms with E-state index < -0.39 is 0 Å². The van der Waals surface area contributed by atoms with Crippen LogP contribution in [0, 0.1) is 0 Å². The van der Waals surface area contributed by atoms with Gasteiger partial charge < -0.3 is 5.11 Å². The molecule has 0 fully saturated rings. The van der Waals surface area contributed by atoms with Gasteiger partial charge >= 0.3 is 0 Å². The van der Waals surface area contributed by atoms with Gasteiger partial charge in [-0.2, -0.15) is 0 Å². The number of hydrogen-bond acceptors (Lipinski definition) is 1. The van der Waals surface area contributed by atoms with Gasteiger partial charge in [0.25, 0.3) is 0 Å². The first kappa shape index (κ1) is 12.8. The van der Waals surface area contributed by atoms with Crippen LogP contribution in [0.25, 0.3) is 11.1 Å². The molecule has 0 radical (unpaired) electrons. The molecule has 1 N–H and O–H groups in total. The Balaban J connectivity index is 2.37. The molecule has 0 bridgehead atoms. The fourth-order valence-corrected chi connectivity index (χ4v) is 2.26. The van der Waals surface area contributed by atoms with Crippen molar-refractivity contribution in [2.45, 2.75) is 26.2 Å². The van der Waals surface area contributed by atoms with E-state index >= 15 is 0 Å². The molecule has 0 unspecified atom stereocenters. The van der Waals surface area contributed by atoms with Gasteiger partial charge in [0.05, 0.1) is 0 Å². The molecule has 0 spiro atoms. The van der Waals surface area contributed by atoms with Crippen LogP contribution in [-0.4, -0.2) is 11.7 Å². The van der Waals surface area contributed by atoms with Gasteiger partial charge in [0.15, 0.2) is 0 Å². The number of rotatable bonds is 5. The second-order valence-corrected chi connectivity index (χ2v) is 4.54. The fourth-order valence-electron chi connectivity index (χ4n) is 2.26. The van der Waals surface area contributed by atoms with E-state index in [2.05, 4.69) is 49.4 Å². The van der Waals surface area contributed by atoms with Gasteiger partial charge in [-0.15, -0.1) is 0 Å². The second kappa shape index (κ2) is 6.36. The molecule has 0 amide bonds. The third-order valence-electron chi connectivity index (χ3n) is 3.26. The van der Waals surface area contributed by atoms with Crippen molar-refractivity contribution in [2.24, 2.45) is 0 Å². The lowest BCUT2D eigenvalue weighted by molar-refractivity contribution is 0.288. The minimum absolute atomic E-state index is 0.260. The summed E-state index contributed by atoms with van der Waals surface area (Å²) in [6.45, 7) is 2.45. The molecule has 0 saturated heterocycles. The van der Waals surface area contributed by atoms with E-state index in [1.54, 1.807) is 0 Å². The molecule has 18 heavy (non-hydrogen) atoms. The molecule has 2 aromatic rings. The summed E-state index contributed by atoms with van der Waals surface area (Å²) in [6.07, 6.45) is 2.82. The Morgan fingerprint density at radius 1 is 1.00 bits per heavy atom. The van der Waals surface area contributed by atoms with Crippen LogP contribution >= 0.6 is 0 Å². The highest BCUT2D eigenvalue weighted by Crippen LogP contribution is 2.25. The van der Waals surface area contributed by atoms with Crippen molar-refractivity contribution in [1.29, 1.82) is 0 Å². The lowest BCUT2D eigenvalue weighted by Crippen LogP contribution is -1.93. The molecule has 0 aliphatic heterocycles. The van der Waals surface area contributed by atoms with Gasteiger partial charge in [0.1, 0.15) is 0 Å². The van der Waals surface area contributed by atoms with Crippen molar-refractivity contribution in [3.63, 3.8) is 0 Å². The van der Waals surface area contributed by atoms with E-state index in [-0.39, 0.29) is 6.61 Å². The highest BCUT2D eigenvalue weighted by molar-refractivity contribution is 5.68. The van der Waals surface area contributed by atoms with Crippen LogP contribution in [0.5, 0.6) is 0 Å². The number of aliphatic hydroxyl groups is 1. The van der Waals surface area contributed by atoms with Crippen LogP contribution in [-0.2, 0) is 12.8 Å². The smallest absolute Gasteiger partial charge is 0.0434 e. The van der Waals surface area contributed by atoms with Gasteiger partial charge in [-0.3, -0.25) is 0 Å². The number of aryl methyl sites for hydroxylation is 2. The molecule has 0 atom stereocenters. The molecule has 1 heteroatoms. The van der Waals surface area contributed by atoms with Crippen molar-refractivity contribution < 1.29 is 5.11 Å². The van der Waals surface area contributed by atoms with Gasteiger partial charge in [-0.1, -0.05) is 55.5 Å². The summed E-state index contributed by atoms with van der Waals surface area (Å²) in [7, 11) is 0. The monoisotopic (exact) mass is 240 g/mol. The van der Waals surface area contributed by atoms with E-state index in [0.717, 1.165) is 19.3 Å². The van der Waals surface area contributed by atoms with E-state index in [9.17, 15) is 0 Å². The highest BCUT2D eigenvalue weighted by Gasteiger charge is 2.04. The zero-order valence-corrected chi connectivity index (χ0v) is 10.9. The van der Waals surface area contributed by atoms with Crippen molar-refractivity contribution >= 4 is 0 Å². The number of aliphatic hydroxyl groups excluding tert-OH is 1. The van der Waals surface area contributed by atoms with Crippen molar-refractivity contribution in [3.05, 3.63) is 59.7 Å². The molecule has 1 nitrogen and oxygen atoms in total. The molecule has 2 aromatic carbocycles. The van der Waals surface area contributed by atoms with Crippen LogP contribution in [0.3, 0.4) is 0 Å². The SMILES string of the molecule is CCc1ccc(CCCO)cc1-c1ccccc1. The first-order valence-corrected chi connectivity index (χ1v) is 6.63. The summed E-state index contributed by atoms with van der Waals surface area (Å²) in [4.78, 5) is 0. The van der Waals surface area contributed by atoms with Crippen LogP contribution in [0.2, 0.25) is 0 Å². The standard InChI is InChI=1S/C17H20O/c1-2-15-11-10-14(7-6-12-18)13-17(15)16-8-4-3-5-9-16/h3-5,8-11,13,18H,2,6-7,12H2,1H3. The predicted octanol–water partition coefficient (Wildman–Crippen LogP) is 3.84. The maximum atomic E-state index is 8.91. The topological polar surface area (TPSA) is 20.2 Å². The van der Waals surface area contributed by atoms with E-state index in [1.165, 1.54) is 22.3 Å². The summed E-state index contributed by atoms with van der Waals surface area (Å²) in [5, 5.41) is 8.91. The second-order valence-electron chi connectivity index (χ2n) is 4.54. The highest BCUT2D eigenvalue weighted by atomic mass is 16.2. The van der Waals surface area contributed by atoms with Crippen molar-refractivity contribution in [1.82, 2.24) is 0 Å². The lowest BCUT2D eigenvalue weighted by atomic mass is 9.94. The third-order valence-corrected chi connectivity index (χ3v) is 3.26. The maximum Gasteiger partial charge on any atom is 0.0434 e. The predicted molar refractivity (Wildman–Crippen MR) is 76.7 cm³/mol. The Hall–Kier alpha value is -1.60. The van der Waals surface area contributed by atoms with Gasteiger partial charge in [-0.05, 0) is 41.5 Å². The van der Waals surface area contributed by atoms with Crippen LogP contribution < -0.4 is 0 Å². The first-order valence-electron chi connectivity index (χ1n) is 6.63. The Morgan fingerprint density at radius 2 is 1.78 bits per heavy atom.